The Morgan fingerprint density at radius 2 is 2.12 bits per heavy atom. The largest absolute Gasteiger partial charge is 0.471 e. The molecule has 1 aliphatic carbocycles. The molecule has 10 nitrogen and oxygen atoms in total. The average Bonchev–Trinajstić information content (AvgIpc) is 3.31. The molecule has 1 atom stereocenters. The SMILES string of the molecule is CNC1=CCn2ncc(S(N)(=O)=NC(=O)Nc3c(C)c(C(F)(F)F)nc4c3CCC4)c2OC1. The molecule has 0 fully saturated rings. The number of rotatable bonds is 3. The summed E-state index contributed by atoms with van der Waals surface area (Å²) in [7, 11) is -2.09. The van der Waals surface area contributed by atoms with Crippen LogP contribution in [0.2, 0.25) is 0 Å². The molecule has 14 heteroatoms. The molecule has 178 valence electrons. The lowest BCUT2D eigenvalue weighted by Gasteiger charge is -2.17. The molecule has 33 heavy (non-hydrogen) atoms. The van der Waals surface area contributed by atoms with Crippen LogP contribution in [0, 0.1) is 6.92 Å². The van der Waals surface area contributed by atoms with Crippen molar-refractivity contribution in [1.29, 1.82) is 0 Å². The van der Waals surface area contributed by atoms with Crippen molar-refractivity contribution >= 4 is 21.6 Å². The molecule has 0 bridgehead atoms. The van der Waals surface area contributed by atoms with Crippen molar-refractivity contribution in [1.82, 2.24) is 20.1 Å². The normalized spacial score (nSPS) is 17.1. The van der Waals surface area contributed by atoms with Crippen LogP contribution in [0.1, 0.15) is 28.9 Å². The van der Waals surface area contributed by atoms with Gasteiger partial charge >= 0.3 is 12.2 Å². The summed E-state index contributed by atoms with van der Waals surface area (Å²) in [5.41, 5.74) is 0.230. The minimum Gasteiger partial charge on any atom is -0.471 e. The molecule has 0 radical (unpaired) electrons. The molecule has 3 heterocycles. The summed E-state index contributed by atoms with van der Waals surface area (Å²) >= 11 is 0. The van der Waals surface area contributed by atoms with Crippen molar-refractivity contribution in [2.24, 2.45) is 9.50 Å². The molecule has 2 aromatic rings. The first-order valence-electron chi connectivity index (χ1n) is 10.0. The van der Waals surface area contributed by atoms with E-state index in [2.05, 4.69) is 25.1 Å². The number of allylic oxidation sites excluding steroid dienone is 1. The molecule has 0 saturated carbocycles. The number of aromatic nitrogens is 3. The van der Waals surface area contributed by atoms with Crippen molar-refractivity contribution in [3.8, 4) is 5.88 Å². The van der Waals surface area contributed by atoms with Gasteiger partial charge in [-0.05, 0) is 37.8 Å². The van der Waals surface area contributed by atoms with Gasteiger partial charge in [0.1, 0.15) is 17.2 Å². The number of amides is 2. The van der Waals surface area contributed by atoms with E-state index in [1.807, 2.05) is 6.08 Å². The van der Waals surface area contributed by atoms with Crippen molar-refractivity contribution in [3.05, 3.63) is 40.5 Å². The summed E-state index contributed by atoms with van der Waals surface area (Å²) in [6.07, 6.45) is -0.230. The number of pyridine rings is 1. The number of halogens is 3. The maximum Gasteiger partial charge on any atom is 0.433 e. The summed E-state index contributed by atoms with van der Waals surface area (Å²) in [6.45, 7) is 1.68. The fourth-order valence-electron chi connectivity index (χ4n) is 3.84. The fraction of sp³-hybridized carbons (Fsp3) is 0.421. The highest BCUT2D eigenvalue weighted by atomic mass is 32.2. The number of anilines is 1. The summed E-state index contributed by atoms with van der Waals surface area (Å²) in [6, 6.07) is -1.14. The molecular weight excluding hydrogens is 463 g/mol. The Balaban J connectivity index is 1.67. The van der Waals surface area contributed by atoms with E-state index in [-0.39, 0.29) is 34.3 Å². The molecule has 0 saturated heterocycles. The number of hydrogen-bond acceptors (Lipinski definition) is 6. The highest BCUT2D eigenvalue weighted by Gasteiger charge is 2.38. The number of aryl methyl sites for hydroxylation is 1. The zero-order valence-electron chi connectivity index (χ0n) is 17.8. The molecule has 0 spiro atoms. The van der Waals surface area contributed by atoms with Gasteiger partial charge in [0.05, 0.1) is 18.4 Å². The van der Waals surface area contributed by atoms with Crippen LogP contribution in [-0.4, -0.2) is 38.7 Å². The Labute approximate surface area is 187 Å². The lowest BCUT2D eigenvalue weighted by atomic mass is 10.1. The van der Waals surface area contributed by atoms with Gasteiger partial charge in [0.15, 0.2) is 9.92 Å². The number of alkyl halides is 3. The van der Waals surface area contributed by atoms with Crippen molar-refractivity contribution < 1.29 is 26.9 Å². The molecule has 2 amide bonds. The maximum atomic E-state index is 13.4. The average molecular weight is 485 g/mol. The van der Waals surface area contributed by atoms with E-state index in [0.29, 0.717) is 31.4 Å². The molecule has 0 aromatic carbocycles. The van der Waals surface area contributed by atoms with Gasteiger partial charge < -0.3 is 15.4 Å². The number of carbonyl (C=O) groups excluding carboxylic acids is 1. The van der Waals surface area contributed by atoms with Crippen LogP contribution in [0.25, 0.3) is 0 Å². The number of likely N-dealkylation sites (N-methyl/N-ethyl adjacent to an activating group) is 1. The minimum absolute atomic E-state index is 0.0262. The van der Waals surface area contributed by atoms with Gasteiger partial charge in [-0.3, -0.25) is 0 Å². The number of nitrogens with two attached hydrogens (primary N) is 1. The van der Waals surface area contributed by atoms with Crippen LogP contribution >= 0.6 is 0 Å². The summed E-state index contributed by atoms with van der Waals surface area (Å²) in [5, 5.41) is 15.3. The number of fused-ring (bicyclic) bond motifs is 2. The standard InChI is InChI=1S/C19H22F3N7O3S/c1-10-15(12-4-3-5-13(12)26-16(10)19(20,21)22)27-18(30)28-33(23,31)14-8-25-29-7-6-11(24-2)9-32-17(14)29/h6,8,24H,3-5,7,9H2,1-2H3,(H3,23,26,27,28,30,31). The third-order valence-electron chi connectivity index (χ3n) is 5.46. The summed E-state index contributed by atoms with van der Waals surface area (Å²) < 4.78 is 64.1. The van der Waals surface area contributed by atoms with Crippen LogP contribution in [0.5, 0.6) is 5.88 Å². The van der Waals surface area contributed by atoms with Crippen LogP contribution in [-0.2, 0) is 35.5 Å². The second kappa shape index (κ2) is 8.33. The van der Waals surface area contributed by atoms with E-state index < -0.39 is 27.8 Å². The first kappa shape index (κ1) is 23.0. The zero-order valence-corrected chi connectivity index (χ0v) is 18.6. The second-order valence-electron chi connectivity index (χ2n) is 7.59. The Bertz CT molecular complexity index is 1280. The van der Waals surface area contributed by atoms with E-state index in [9.17, 15) is 22.2 Å². The third-order valence-corrected chi connectivity index (χ3v) is 6.80. The van der Waals surface area contributed by atoms with Gasteiger partial charge in [0, 0.05) is 24.0 Å². The van der Waals surface area contributed by atoms with Crippen molar-refractivity contribution in [2.75, 3.05) is 19.0 Å². The van der Waals surface area contributed by atoms with Crippen LogP contribution in [0.3, 0.4) is 0 Å². The molecule has 1 aliphatic heterocycles. The summed E-state index contributed by atoms with van der Waals surface area (Å²) in [4.78, 5) is 16.3. The Kier molecular flexibility index (Phi) is 5.82. The Morgan fingerprint density at radius 1 is 1.36 bits per heavy atom. The smallest absolute Gasteiger partial charge is 0.433 e. The number of hydrogen-bond donors (Lipinski definition) is 3. The van der Waals surface area contributed by atoms with Gasteiger partial charge in [-0.2, -0.15) is 18.3 Å². The first-order chi connectivity index (χ1) is 15.5. The van der Waals surface area contributed by atoms with E-state index >= 15 is 0 Å². The van der Waals surface area contributed by atoms with Gasteiger partial charge in [-0.15, -0.1) is 4.36 Å². The van der Waals surface area contributed by atoms with Gasteiger partial charge in [0.2, 0.25) is 5.88 Å². The van der Waals surface area contributed by atoms with E-state index in [4.69, 9.17) is 9.88 Å². The molecule has 2 aromatic heterocycles. The lowest BCUT2D eigenvalue weighted by Crippen LogP contribution is -2.21. The van der Waals surface area contributed by atoms with Gasteiger partial charge in [-0.1, -0.05) is 0 Å². The molecular formula is C19H22F3N7O3S. The fourth-order valence-corrected chi connectivity index (χ4v) is 4.84. The monoisotopic (exact) mass is 485 g/mol. The predicted octanol–water partition coefficient (Wildman–Crippen LogP) is 2.52. The zero-order chi connectivity index (χ0) is 24.0. The number of nitrogens with one attached hydrogen (secondary N) is 2. The van der Waals surface area contributed by atoms with Crippen LogP contribution < -0.4 is 20.5 Å². The van der Waals surface area contributed by atoms with Crippen molar-refractivity contribution in [3.63, 3.8) is 0 Å². The van der Waals surface area contributed by atoms with Crippen LogP contribution in [0.15, 0.2) is 27.2 Å². The Morgan fingerprint density at radius 3 is 2.82 bits per heavy atom. The van der Waals surface area contributed by atoms with Gasteiger partial charge in [-0.25, -0.2) is 23.8 Å². The number of carbonyl (C=O) groups is 1. The predicted molar refractivity (Wildman–Crippen MR) is 113 cm³/mol. The highest BCUT2D eigenvalue weighted by Crippen LogP contribution is 2.39. The van der Waals surface area contributed by atoms with E-state index in [0.717, 1.165) is 5.70 Å². The maximum absolute atomic E-state index is 13.4. The van der Waals surface area contributed by atoms with Gasteiger partial charge in [0.25, 0.3) is 0 Å². The van der Waals surface area contributed by atoms with Crippen LogP contribution in [0.4, 0.5) is 23.7 Å². The molecule has 4 N–H and O–H groups in total. The first-order valence-corrected chi connectivity index (χ1v) is 11.6. The van der Waals surface area contributed by atoms with E-state index in [1.54, 1.807) is 7.05 Å². The summed E-state index contributed by atoms with van der Waals surface area (Å²) in [5.74, 6) is 0.0980. The number of ether oxygens (including phenoxy) is 1. The quantitative estimate of drug-likeness (QED) is 0.611. The highest BCUT2D eigenvalue weighted by molar-refractivity contribution is 7.91. The molecule has 2 aliphatic rings. The second-order valence-corrected chi connectivity index (χ2v) is 9.35. The third kappa shape index (κ3) is 4.39. The lowest BCUT2D eigenvalue weighted by molar-refractivity contribution is -0.141. The molecule has 4 rings (SSSR count). The number of nitrogens with zero attached hydrogens (tertiary/aromatic N) is 4. The Hall–Kier alpha value is -3.13. The number of urea groups is 1. The topological polar surface area (TPSA) is 137 Å². The van der Waals surface area contributed by atoms with E-state index in [1.165, 1.54) is 17.8 Å². The van der Waals surface area contributed by atoms with Crippen molar-refractivity contribution in [2.45, 2.75) is 43.8 Å². The minimum atomic E-state index is -4.69. The molecule has 1 unspecified atom stereocenters.